The van der Waals surface area contributed by atoms with Crippen LogP contribution in [0.25, 0.3) is 0 Å². The molecule has 0 bridgehead atoms. The quantitative estimate of drug-likeness (QED) is 0.885. The van der Waals surface area contributed by atoms with Crippen LogP contribution in [-0.4, -0.2) is 18.8 Å². The molecule has 1 aromatic carbocycles. The Labute approximate surface area is 110 Å². The Morgan fingerprint density at radius 3 is 2.22 bits per heavy atom. The highest BCUT2D eigenvalue weighted by molar-refractivity contribution is 5.39. The molecule has 0 amide bonds. The van der Waals surface area contributed by atoms with Crippen molar-refractivity contribution in [2.45, 2.75) is 50.0 Å². The lowest BCUT2D eigenvalue weighted by molar-refractivity contribution is -0.0786. The molecule has 1 saturated carbocycles. The van der Waals surface area contributed by atoms with Crippen LogP contribution in [0, 0.1) is 0 Å². The summed E-state index contributed by atoms with van der Waals surface area (Å²) in [5, 5.41) is 0. The Bertz CT molecular complexity index is 429. The van der Waals surface area contributed by atoms with Gasteiger partial charge in [-0.1, -0.05) is 38.1 Å². The summed E-state index contributed by atoms with van der Waals surface area (Å²) in [5.74, 6) is 0.639. The van der Waals surface area contributed by atoms with Gasteiger partial charge in [-0.2, -0.15) is 0 Å². The van der Waals surface area contributed by atoms with E-state index in [2.05, 4.69) is 38.1 Å². The lowest BCUT2D eigenvalue weighted by atomic mass is 9.70. The molecule has 18 heavy (non-hydrogen) atoms. The van der Waals surface area contributed by atoms with E-state index < -0.39 is 0 Å². The van der Waals surface area contributed by atoms with Crippen LogP contribution in [0.2, 0.25) is 0 Å². The van der Waals surface area contributed by atoms with Crippen LogP contribution in [-0.2, 0) is 10.2 Å². The summed E-state index contributed by atoms with van der Waals surface area (Å²) >= 11 is 0. The van der Waals surface area contributed by atoms with Gasteiger partial charge in [0.1, 0.15) is 0 Å². The summed E-state index contributed by atoms with van der Waals surface area (Å²) in [5.41, 5.74) is 9.37. The van der Waals surface area contributed by atoms with Crippen LogP contribution in [0.15, 0.2) is 24.3 Å². The van der Waals surface area contributed by atoms with E-state index in [0.717, 1.165) is 26.1 Å². The highest BCUT2D eigenvalue weighted by Crippen LogP contribution is 2.53. The van der Waals surface area contributed by atoms with Crippen LogP contribution < -0.4 is 5.73 Å². The molecule has 1 atom stereocenters. The number of nitrogens with two attached hydrogens (primary N) is 1. The molecule has 0 aromatic heterocycles. The number of hydrogen-bond acceptors (Lipinski definition) is 2. The van der Waals surface area contributed by atoms with Crippen molar-refractivity contribution in [3.8, 4) is 0 Å². The fourth-order valence-corrected chi connectivity index (χ4v) is 3.03. The Morgan fingerprint density at radius 2 is 1.83 bits per heavy atom. The molecule has 3 rings (SSSR count). The fourth-order valence-electron chi connectivity index (χ4n) is 3.03. The van der Waals surface area contributed by atoms with Crippen LogP contribution in [0.1, 0.15) is 50.2 Å². The zero-order valence-electron chi connectivity index (χ0n) is 11.4. The molecular weight excluding hydrogens is 222 g/mol. The Hall–Kier alpha value is -0.860. The maximum absolute atomic E-state index is 6.46. The van der Waals surface area contributed by atoms with Gasteiger partial charge in [0.25, 0.3) is 0 Å². The van der Waals surface area contributed by atoms with Crippen molar-refractivity contribution in [1.82, 2.24) is 0 Å². The van der Waals surface area contributed by atoms with Gasteiger partial charge in [-0.05, 0) is 36.3 Å². The third-order valence-electron chi connectivity index (χ3n) is 5.08. The Kier molecular flexibility index (Phi) is 2.76. The zero-order valence-corrected chi connectivity index (χ0v) is 11.4. The monoisotopic (exact) mass is 245 g/mol. The number of ether oxygens (including phenoxy) is 1. The highest BCUT2D eigenvalue weighted by atomic mass is 16.5. The summed E-state index contributed by atoms with van der Waals surface area (Å²) in [7, 11) is 0. The van der Waals surface area contributed by atoms with E-state index in [1.807, 2.05) is 0 Å². The van der Waals surface area contributed by atoms with E-state index in [-0.39, 0.29) is 11.0 Å². The molecule has 1 heterocycles. The Morgan fingerprint density at radius 1 is 1.22 bits per heavy atom. The maximum Gasteiger partial charge on any atom is 0.0603 e. The smallest absolute Gasteiger partial charge is 0.0603 e. The van der Waals surface area contributed by atoms with Crippen molar-refractivity contribution in [1.29, 1.82) is 0 Å². The zero-order chi connectivity index (χ0) is 12.8. The van der Waals surface area contributed by atoms with Crippen molar-refractivity contribution < 1.29 is 4.74 Å². The summed E-state index contributed by atoms with van der Waals surface area (Å²) in [6.45, 7) is 6.11. The highest BCUT2D eigenvalue weighted by Gasteiger charge is 2.61. The van der Waals surface area contributed by atoms with Crippen molar-refractivity contribution in [3.63, 3.8) is 0 Å². The summed E-state index contributed by atoms with van der Waals surface area (Å²) in [6.07, 6.45) is 3.47. The minimum absolute atomic E-state index is 0.00311. The second kappa shape index (κ2) is 4.07. The molecule has 1 aliphatic heterocycles. The van der Waals surface area contributed by atoms with Gasteiger partial charge < -0.3 is 10.5 Å². The molecule has 1 unspecified atom stereocenters. The van der Waals surface area contributed by atoms with Gasteiger partial charge in [0, 0.05) is 5.54 Å². The largest absolute Gasteiger partial charge is 0.379 e. The fraction of sp³-hybridized carbons (Fsp3) is 0.625. The number of benzene rings is 1. The number of hydrogen-bond donors (Lipinski definition) is 1. The van der Waals surface area contributed by atoms with Gasteiger partial charge in [-0.15, -0.1) is 0 Å². The van der Waals surface area contributed by atoms with Gasteiger partial charge in [0.15, 0.2) is 0 Å². The summed E-state index contributed by atoms with van der Waals surface area (Å²) < 4.78 is 5.48. The lowest BCUT2D eigenvalue weighted by Gasteiger charge is -2.47. The summed E-state index contributed by atoms with van der Waals surface area (Å²) in [6, 6.07) is 9.10. The third kappa shape index (κ3) is 1.63. The molecule has 1 aliphatic carbocycles. The molecule has 2 nitrogen and oxygen atoms in total. The predicted octanol–water partition coefficient (Wildman–Crippen LogP) is 2.96. The average molecular weight is 245 g/mol. The lowest BCUT2D eigenvalue weighted by Crippen LogP contribution is -2.60. The van der Waals surface area contributed by atoms with Gasteiger partial charge in [-0.3, -0.25) is 0 Å². The second-order valence-corrected chi connectivity index (χ2v) is 6.16. The third-order valence-corrected chi connectivity index (χ3v) is 5.08. The van der Waals surface area contributed by atoms with Gasteiger partial charge in [-0.25, -0.2) is 0 Å². The molecule has 2 aliphatic rings. The van der Waals surface area contributed by atoms with E-state index in [9.17, 15) is 0 Å². The first-order valence-corrected chi connectivity index (χ1v) is 7.08. The predicted molar refractivity (Wildman–Crippen MR) is 73.8 cm³/mol. The average Bonchev–Trinajstić information content (AvgIpc) is 3.06. The first-order valence-electron chi connectivity index (χ1n) is 7.08. The molecule has 0 radical (unpaired) electrons. The van der Waals surface area contributed by atoms with Crippen molar-refractivity contribution in [3.05, 3.63) is 35.4 Å². The van der Waals surface area contributed by atoms with Crippen LogP contribution in [0.3, 0.4) is 0 Å². The minimum atomic E-state index is 0.00311. The van der Waals surface area contributed by atoms with E-state index in [1.165, 1.54) is 17.5 Å². The van der Waals surface area contributed by atoms with Gasteiger partial charge in [0.05, 0.1) is 18.6 Å². The molecule has 1 saturated heterocycles. The van der Waals surface area contributed by atoms with Gasteiger partial charge >= 0.3 is 0 Å². The van der Waals surface area contributed by atoms with E-state index in [0.29, 0.717) is 5.92 Å². The number of rotatable bonds is 4. The van der Waals surface area contributed by atoms with Gasteiger partial charge in [0.2, 0.25) is 0 Å². The second-order valence-electron chi connectivity index (χ2n) is 6.16. The molecule has 1 aromatic rings. The molecule has 2 heteroatoms. The first kappa shape index (κ1) is 12.2. The van der Waals surface area contributed by atoms with E-state index >= 15 is 0 Å². The molecule has 2 N–H and O–H groups in total. The molecular formula is C16H23NO. The maximum atomic E-state index is 6.46. The van der Waals surface area contributed by atoms with Crippen molar-refractivity contribution in [2.75, 3.05) is 13.2 Å². The topological polar surface area (TPSA) is 35.2 Å². The molecule has 0 spiro atoms. The normalized spacial score (nSPS) is 25.3. The summed E-state index contributed by atoms with van der Waals surface area (Å²) in [4.78, 5) is 0. The Balaban J connectivity index is 1.88. The van der Waals surface area contributed by atoms with Crippen molar-refractivity contribution >= 4 is 0 Å². The van der Waals surface area contributed by atoms with Crippen LogP contribution in [0.5, 0.6) is 0 Å². The SMILES string of the molecule is CCC(C)c1ccc(C2(C3(N)CC3)COC2)cc1. The minimum Gasteiger partial charge on any atom is -0.379 e. The van der Waals surface area contributed by atoms with E-state index in [4.69, 9.17) is 10.5 Å². The van der Waals surface area contributed by atoms with Crippen molar-refractivity contribution in [2.24, 2.45) is 5.73 Å². The molecule has 2 fully saturated rings. The molecule has 98 valence electrons. The van der Waals surface area contributed by atoms with E-state index in [1.54, 1.807) is 0 Å². The first-order chi connectivity index (χ1) is 8.61. The van der Waals surface area contributed by atoms with Crippen LogP contribution >= 0.6 is 0 Å². The standard InChI is InChI=1S/C16H23NO/c1-3-12(2)13-4-6-14(7-5-13)15(10-18-11-15)16(17)8-9-16/h4-7,12H,3,8-11,17H2,1-2H3. The van der Waals surface area contributed by atoms with Crippen LogP contribution in [0.4, 0.5) is 0 Å².